The summed E-state index contributed by atoms with van der Waals surface area (Å²) in [7, 11) is 5.49. The molecule has 0 heterocycles. The van der Waals surface area contributed by atoms with Crippen LogP contribution in [0.3, 0.4) is 0 Å². The molecule has 72 valence electrons. The van der Waals surface area contributed by atoms with Crippen LogP contribution in [0.4, 0.5) is 0 Å². The second-order valence-electron chi connectivity index (χ2n) is 2.56. The van der Waals surface area contributed by atoms with Crippen molar-refractivity contribution in [2.24, 2.45) is 0 Å². The van der Waals surface area contributed by atoms with Crippen molar-refractivity contribution in [1.29, 1.82) is 0 Å². The van der Waals surface area contributed by atoms with E-state index in [-0.39, 0.29) is 0 Å². The maximum Gasteiger partial charge on any atom is 0.0561 e. The van der Waals surface area contributed by atoms with Gasteiger partial charge in [0.25, 0.3) is 0 Å². The highest BCUT2D eigenvalue weighted by atomic mass is 33.1. The third kappa shape index (κ3) is 5.24. The van der Waals surface area contributed by atoms with Gasteiger partial charge in [-0.1, -0.05) is 51.9 Å². The van der Waals surface area contributed by atoms with Crippen LogP contribution >= 0.6 is 21.6 Å². The fourth-order valence-electron chi connectivity index (χ4n) is 0.860. The van der Waals surface area contributed by atoms with Crippen LogP contribution in [-0.2, 0) is 10.5 Å². The van der Waals surface area contributed by atoms with E-state index < -0.39 is 0 Å². The molecule has 13 heavy (non-hydrogen) atoms. The molecule has 0 amide bonds. The third-order valence-electron chi connectivity index (χ3n) is 1.52. The van der Waals surface area contributed by atoms with E-state index in [9.17, 15) is 0 Å². The van der Waals surface area contributed by atoms with Gasteiger partial charge >= 0.3 is 0 Å². The molecule has 0 aliphatic rings. The largest absolute Gasteiger partial charge is 0.384 e. The van der Waals surface area contributed by atoms with Crippen LogP contribution in [0.15, 0.2) is 30.3 Å². The zero-order valence-electron chi connectivity index (χ0n) is 7.73. The molecule has 1 aromatic rings. The zero-order chi connectivity index (χ0) is 9.36. The van der Waals surface area contributed by atoms with Crippen molar-refractivity contribution < 1.29 is 4.74 Å². The predicted molar refractivity (Wildman–Crippen MR) is 62.1 cm³/mol. The van der Waals surface area contributed by atoms with Crippen LogP contribution in [0.1, 0.15) is 5.56 Å². The number of hydrogen-bond donors (Lipinski definition) is 0. The fourth-order valence-corrected chi connectivity index (χ4v) is 2.84. The molecule has 1 rings (SSSR count). The lowest BCUT2D eigenvalue weighted by atomic mass is 10.2. The van der Waals surface area contributed by atoms with Gasteiger partial charge < -0.3 is 4.74 Å². The van der Waals surface area contributed by atoms with E-state index in [0.29, 0.717) is 0 Å². The summed E-state index contributed by atoms with van der Waals surface area (Å²) in [5, 5.41) is 0. The van der Waals surface area contributed by atoms with Gasteiger partial charge in [0.15, 0.2) is 0 Å². The van der Waals surface area contributed by atoms with E-state index >= 15 is 0 Å². The number of ether oxygens (including phenoxy) is 1. The third-order valence-corrected chi connectivity index (χ3v) is 3.83. The average Bonchev–Trinajstić information content (AvgIpc) is 2.19. The maximum absolute atomic E-state index is 4.96. The summed E-state index contributed by atoms with van der Waals surface area (Å²) in [4.78, 5) is 0. The van der Waals surface area contributed by atoms with Crippen molar-refractivity contribution in [2.45, 2.75) is 5.75 Å². The van der Waals surface area contributed by atoms with E-state index in [1.807, 2.05) is 27.7 Å². The molecule has 0 bridgehead atoms. The highest BCUT2D eigenvalue weighted by Gasteiger charge is 1.92. The van der Waals surface area contributed by atoms with Crippen molar-refractivity contribution >= 4 is 21.6 Å². The van der Waals surface area contributed by atoms with Gasteiger partial charge in [0.2, 0.25) is 0 Å². The molecule has 0 fully saturated rings. The molecule has 0 saturated heterocycles. The normalized spacial score (nSPS) is 10.2. The molecule has 1 nitrogen and oxygen atoms in total. The first-order chi connectivity index (χ1) is 6.43. The van der Waals surface area contributed by atoms with E-state index in [1.165, 1.54) is 5.56 Å². The van der Waals surface area contributed by atoms with Crippen LogP contribution in [-0.4, -0.2) is 19.5 Å². The van der Waals surface area contributed by atoms with Crippen LogP contribution in [0, 0.1) is 0 Å². The Morgan fingerprint density at radius 3 is 2.62 bits per heavy atom. The minimum absolute atomic E-state index is 0.840. The van der Waals surface area contributed by atoms with Crippen molar-refractivity contribution in [3.63, 3.8) is 0 Å². The quantitative estimate of drug-likeness (QED) is 0.531. The van der Waals surface area contributed by atoms with Crippen molar-refractivity contribution in [3.8, 4) is 0 Å². The van der Waals surface area contributed by atoms with Gasteiger partial charge in [0.05, 0.1) is 6.61 Å². The summed E-state index contributed by atoms with van der Waals surface area (Å²) in [6.45, 7) is 0.840. The molecule has 0 unspecified atom stereocenters. The second kappa shape index (κ2) is 7.30. The highest BCUT2D eigenvalue weighted by molar-refractivity contribution is 8.76. The molecule has 0 atom stereocenters. The molecule has 0 radical (unpaired) electrons. The Morgan fingerprint density at radius 2 is 1.92 bits per heavy atom. The Labute approximate surface area is 87.7 Å². The Hall–Kier alpha value is -0.120. The number of benzene rings is 1. The summed E-state index contributed by atoms with van der Waals surface area (Å²) in [6.07, 6.45) is 0. The summed E-state index contributed by atoms with van der Waals surface area (Å²) < 4.78 is 4.96. The first kappa shape index (κ1) is 11.0. The number of rotatable bonds is 6. The summed E-state index contributed by atoms with van der Waals surface area (Å²) in [6, 6.07) is 10.5. The lowest BCUT2D eigenvalue weighted by molar-refractivity contribution is 0.219. The van der Waals surface area contributed by atoms with Gasteiger partial charge in [0.1, 0.15) is 0 Å². The molecule has 3 heteroatoms. The molecule has 0 saturated carbocycles. The predicted octanol–water partition coefficient (Wildman–Crippen LogP) is 3.21. The molecular formula is C10H14OS2. The Balaban J connectivity index is 2.07. The van der Waals surface area contributed by atoms with Crippen LogP contribution in [0.2, 0.25) is 0 Å². The zero-order valence-corrected chi connectivity index (χ0v) is 9.37. The van der Waals surface area contributed by atoms with Crippen molar-refractivity contribution in [2.75, 3.05) is 19.5 Å². The smallest absolute Gasteiger partial charge is 0.0561 e. The summed E-state index contributed by atoms with van der Waals surface area (Å²) in [5.74, 6) is 2.14. The molecule has 1 aromatic carbocycles. The maximum atomic E-state index is 4.96. The summed E-state index contributed by atoms with van der Waals surface area (Å²) in [5.41, 5.74) is 1.39. The molecule has 0 spiro atoms. The number of hydrogen-bond acceptors (Lipinski definition) is 3. The molecular weight excluding hydrogens is 200 g/mol. The highest BCUT2D eigenvalue weighted by Crippen LogP contribution is 2.25. The SMILES string of the molecule is COCCSSCc1ccccc1. The lowest BCUT2D eigenvalue weighted by Crippen LogP contribution is -1.89. The molecule has 0 aromatic heterocycles. The lowest BCUT2D eigenvalue weighted by Gasteiger charge is -2.00. The Kier molecular flexibility index (Phi) is 6.15. The van der Waals surface area contributed by atoms with E-state index in [1.54, 1.807) is 7.11 Å². The van der Waals surface area contributed by atoms with E-state index in [0.717, 1.165) is 18.1 Å². The Morgan fingerprint density at radius 1 is 1.15 bits per heavy atom. The Bertz CT molecular complexity index is 213. The van der Waals surface area contributed by atoms with Crippen molar-refractivity contribution in [1.82, 2.24) is 0 Å². The van der Waals surface area contributed by atoms with Gasteiger partial charge in [-0.2, -0.15) is 0 Å². The number of methoxy groups -OCH3 is 1. The monoisotopic (exact) mass is 214 g/mol. The van der Waals surface area contributed by atoms with E-state index in [2.05, 4.69) is 24.3 Å². The fraction of sp³-hybridized carbons (Fsp3) is 0.400. The van der Waals surface area contributed by atoms with Crippen LogP contribution in [0.25, 0.3) is 0 Å². The van der Waals surface area contributed by atoms with Gasteiger partial charge in [-0.15, -0.1) is 0 Å². The minimum atomic E-state index is 0.840. The first-order valence-corrected chi connectivity index (χ1v) is 6.69. The molecule has 0 aliphatic carbocycles. The van der Waals surface area contributed by atoms with Crippen LogP contribution < -0.4 is 0 Å². The summed E-state index contributed by atoms with van der Waals surface area (Å²) >= 11 is 0. The minimum Gasteiger partial charge on any atom is -0.384 e. The molecule has 0 N–H and O–H groups in total. The van der Waals surface area contributed by atoms with E-state index in [4.69, 9.17) is 4.74 Å². The molecule has 0 aliphatic heterocycles. The van der Waals surface area contributed by atoms with Gasteiger partial charge in [-0.3, -0.25) is 0 Å². The van der Waals surface area contributed by atoms with Gasteiger partial charge in [-0.25, -0.2) is 0 Å². The topological polar surface area (TPSA) is 9.23 Å². The van der Waals surface area contributed by atoms with Crippen LogP contribution in [0.5, 0.6) is 0 Å². The van der Waals surface area contributed by atoms with Gasteiger partial charge in [0, 0.05) is 18.6 Å². The second-order valence-corrected chi connectivity index (χ2v) is 5.15. The average molecular weight is 214 g/mol. The van der Waals surface area contributed by atoms with Crippen molar-refractivity contribution in [3.05, 3.63) is 35.9 Å². The van der Waals surface area contributed by atoms with Gasteiger partial charge in [-0.05, 0) is 5.56 Å². The first-order valence-electron chi connectivity index (χ1n) is 4.21. The standard InChI is InChI=1S/C10H14OS2/c1-11-7-8-12-13-9-10-5-3-2-4-6-10/h2-6H,7-9H2,1H3.